The van der Waals surface area contributed by atoms with Crippen molar-refractivity contribution in [2.45, 2.75) is 19.4 Å². The molecule has 2 heterocycles. The minimum atomic E-state index is -1.08. The van der Waals surface area contributed by atoms with Crippen molar-refractivity contribution in [2.24, 2.45) is 5.73 Å². The fourth-order valence-corrected chi connectivity index (χ4v) is 3.80. The van der Waals surface area contributed by atoms with E-state index in [0.29, 0.717) is 34.8 Å². The number of ether oxygens (including phenoxy) is 1. The van der Waals surface area contributed by atoms with Gasteiger partial charge in [0.25, 0.3) is 5.91 Å². The number of aliphatic hydroxyl groups is 1. The summed E-state index contributed by atoms with van der Waals surface area (Å²) in [4.78, 5) is 21.3. The zero-order valence-corrected chi connectivity index (χ0v) is 21.0. The first kappa shape index (κ1) is 27.8. The SMILES string of the molecule is CCc1cc(Nc2nccn3c(-c4ccc(OC)c(F)c4F)cnc23)ccc1C(=O)NCC(N)CO.Cl. The number of amides is 1. The number of fused-ring (bicyclic) bond motifs is 1. The molecule has 0 spiro atoms. The van der Waals surface area contributed by atoms with Crippen molar-refractivity contribution >= 4 is 35.5 Å². The largest absolute Gasteiger partial charge is 0.494 e. The fraction of sp³-hybridized carbons (Fsp3) is 0.240. The van der Waals surface area contributed by atoms with Gasteiger partial charge in [0.05, 0.1) is 25.6 Å². The van der Waals surface area contributed by atoms with E-state index < -0.39 is 17.7 Å². The molecule has 0 saturated heterocycles. The number of aryl methyl sites for hydroxylation is 1. The van der Waals surface area contributed by atoms with Crippen LogP contribution in [-0.2, 0) is 6.42 Å². The molecule has 0 aliphatic rings. The van der Waals surface area contributed by atoms with Crippen LogP contribution in [-0.4, -0.2) is 51.7 Å². The van der Waals surface area contributed by atoms with Gasteiger partial charge in [-0.1, -0.05) is 6.92 Å². The van der Waals surface area contributed by atoms with E-state index in [0.717, 1.165) is 5.56 Å². The number of hydrogen-bond acceptors (Lipinski definition) is 7. The molecular formula is C25H27ClF2N6O3. The summed E-state index contributed by atoms with van der Waals surface area (Å²) in [5.41, 5.74) is 8.40. The Kier molecular flexibility index (Phi) is 8.98. The number of imidazole rings is 1. The van der Waals surface area contributed by atoms with Crippen LogP contribution in [0.15, 0.2) is 48.9 Å². The summed E-state index contributed by atoms with van der Waals surface area (Å²) in [6, 6.07) is 7.50. The molecule has 0 radical (unpaired) electrons. The Morgan fingerprint density at radius 3 is 2.70 bits per heavy atom. The van der Waals surface area contributed by atoms with Gasteiger partial charge in [0.15, 0.2) is 23.0 Å². The van der Waals surface area contributed by atoms with Crippen molar-refractivity contribution in [3.63, 3.8) is 0 Å². The number of nitrogens with zero attached hydrogens (tertiary/aromatic N) is 3. The maximum Gasteiger partial charge on any atom is 0.251 e. The van der Waals surface area contributed by atoms with Crippen LogP contribution in [0.25, 0.3) is 16.9 Å². The van der Waals surface area contributed by atoms with Gasteiger partial charge in [-0.05, 0) is 42.3 Å². The van der Waals surface area contributed by atoms with Crippen molar-refractivity contribution in [3.05, 3.63) is 71.7 Å². The molecule has 1 unspecified atom stereocenters. The number of nitrogens with two attached hydrogens (primary N) is 1. The Balaban J connectivity index is 0.00000380. The maximum absolute atomic E-state index is 14.7. The van der Waals surface area contributed by atoms with Crippen LogP contribution >= 0.6 is 12.4 Å². The van der Waals surface area contributed by atoms with Crippen molar-refractivity contribution in [3.8, 4) is 17.0 Å². The highest BCUT2D eigenvalue weighted by Crippen LogP contribution is 2.31. The van der Waals surface area contributed by atoms with Crippen LogP contribution in [0.4, 0.5) is 20.3 Å². The highest BCUT2D eigenvalue weighted by Gasteiger charge is 2.19. The topological polar surface area (TPSA) is 127 Å². The molecule has 2 aromatic carbocycles. The predicted octanol–water partition coefficient (Wildman–Crippen LogP) is 3.46. The molecule has 2 aromatic heterocycles. The van der Waals surface area contributed by atoms with Crippen LogP contribution in [0, 0.1) is 11.6 Å². The van der Waals surface area contributed by atoms with E-state index in [2.05, 4.69) is 20.6 Å². The lowest BCUT2D eigenvalue weighted by Gasteiger charge is -2.14. The molecule has 12 heteroatoms. The number of rotatable bonds is 9. The average molecular weight is 533 g/mol. The quantitative estimate of drug-likeness (QED) is 0.260. The van der Waals surface area contributed by atoms with Crippen molar-refractivity contribution in [1.82, 2.24) is 19.7 Å². The second-order valence-corrected chi connectivity index (χ2v) is 8.06. The first-order valence-electron chi connectivity index (χ1n) is 11.3. The maximum atomic E-state index is 14.7. The Morgan fingerprint density at radius 1 is 1.22 bits per heavy atom. The zero-order chi connectivity index (χ0) is 25.8. The van der Waals surface area contributed by atoms with E-state index in [4.69, 9.17) is 15.6 Å². The summed E-state index contributed by atoms with van der Waals surface area (Å²) < 4.78 is 35.4. The van der Waals surface area contributed by atoms with E-state index in [1.54, 1.807) is 22.7 Å². The van der Waals surface area contributed by atoms with Gasteiger partial charge in [0.2, 0.25) is 5.82 Å². The Morgan fingerprint density at radius 2 is 2.00 bits per heavy atom. The number of carbonyl (C=O) groups excluding carboxylic acids is 1. The summed E-state index contributed by atoms with van der Waals surface area (Å²) in [6.07, 6.45) is 5.16. The molecule has 9 nitrogen and oxygen atoms in total. The summed E-state index contributed by atoms with van der Waals surface area (Å²) in [7, 11) is 1.27. The lowest BCUT2D eigenvalue weighted by atomic mass is 10.0. The highest BCUT2D eigenvalue weighted by atomic mass is 35.5. The van der Waals surface area contributed by atoms with Crippen LogP contribution < -0.4 is 21.1 Å². The number of halogens is 3. The normalized spacial score (nSPS) is 11.6. The number of carbonyl (C=O) groups is 1. The molecule has 0 aliphatic carbocycles. The van der Waals surface area contributed by atoms with E-state index in [9.17, 15) is 13.6 Å². The van der Waals surface area contributed by atoms with Crippen molar-refractivity contribution in [2.75, 3.05) is 25.6 Å². The molecule has 0 fully saturated rings. The minimum absolute atomic E-state index is 0. The van der Waals surface area contributed by atoms with Gasteiger partial charge in [-0.2, -0.15) is 4.39 Å². The van der Waals surface area contributed by atoms with Gasteiger partial charge in [-0.25, -0.2) is 14.4 Å². The van der Waals surface area contributed by atoms with Gasteiger partial charge in [0.1, 0.15) is 0 Å². The second kappa shape index (κ2) is 12.0. The molecular weight excluding hydrogens is 506 g/mol. The zero-order valence-electron chi connectivity index (χ0n) is 20.2. The first-order chi connectivity index (χ1) is 17.4. The van der Waals surface area contributed by atoms with Gasteiger partial charge in [-0.15, -0.1) is 12.4 Å². The highest BCUT2D eigenvalue weighted by molar-refractivity contribution is 5.96. The van der Waals surface area contributed by atoms with E-state index in [1.807, 2.05) is 13.0 Å². The number of aromatic nitrogens is 3. The van der Waals surface area contributed by atoms with E-state index >= 15 is 0 Å². The third-order valence-electron chi connectivity index (χ3n) is 5.72. The van der Waals surface area contributed by atoms with Gasteiger partial charge < -0.3 is 26.2 Å². The summed E-state index contributed by atoms with van der Waals surface area (Å²) in [6.45, 7) is 1.86. The number of hydrogen-bond donors (Lipinski definition) is 4. The molecule has 1 amide bonds. The lowest BCUT2D eigenvalue weighted by Crippen LogP contribution is -2.39. The summed E-state index contributed by atoms with van der Waals surface area (Å²) in [5.74, 6) is -2.19. The van der Waals surface area contributed by atoms with E-state index in [-0.39, 0.29) is 42.8 Å². The fourth-order valence-electron chi connectivity index (χ4n) is 3.80. The Labute approximate surface area is 218 Å². The van der Waals surface area contributed by atoms with Crippen molar-refractivity contribution < 1.29 is 23.4 Å². The minimum Gasteiger partial charge on any atom is -0.494 e. The molecule has 196 valence electrons. The third kappa shape index (κ3) is 5.63. The summed E-state index contributed by atoms with van der Waals surface area (Å²) in [5, 5.41) is 15.0. The molecule has 0 bridgehead atoms. The molecule has 0 aliphatic heterocycles. The first-order valence-corrected chi connectivity index (χ1v) is 11.3. The standard InChI is InChI=1S/C25H26F2N6O3.ClH/c1-3-14-10-16(4-5-17(14)25(35)31-11-15(28)13-34)32-23-24-30-12-19(33(24)9-8-29-23)18-6-7-20(36-2)22(27)21(18)26;/h4-10,12,15,34H,3,11,13,28H2,1-2H3,(H,29,32)(H,31,35);1H. The number of aliphatic hydroxyl groups excluding tert-OH is 1. The lowest BCUT2D eigenvalue weighted by molar-refractivity contribution is 0.0947. The monoisotopic (exact) mass is 532 g/mol. The van der Waals surface area contributed by atoms with Gasteiger partial charge in [0, 0.05) is 41.8 Å². The molecule has 37 heavy (non-hydrogen) atoms. The molecule has 5 N–H and O–H groups in total. The van der Waals surface area contributed by atoms with Crippen LogP contribution in [0.2, 0.25) is 0 Å². The molecule has 4 aromatic rings. The third-order valence-corrected chi connectivity index (χ3v) is 5.72. The smallest absolute Gasteiger partial charge is 0.251 e. The molecule has 1 atom stereocenters. The number of nitrogens with one attached hydrogen (secondary N) is 2. The Hall–Kier alpha value is -3.80. The summed E-state index contributed by atoms with van der Waals surface area (Å²) >= 11 is 0. The predicted molar refractivity (Wildman–Crippen MR) is 139 cm³/mol. The van der Waals surface area contributed by atoms with Crippen LogP contribution in [0.1, 0.15) is 22.8 Å². The van der Waals surface area contributed by atoms with Crippen LogP contribution in [0.3, 0.4) is 0 Å². The Bertz CT molecular complexity index is 1410. The number of benzene rings is 2. The number of anilines is 2. The molecule has 4 rings (SSSR count). The molecule has 0 saturated carbocycles. The second-order valence-electron chi connectivity index (χ2n) is 8.06. The van der Waals surface area contributed by atoms with Gasteiger partial charge in [-0.3, -0.25) is 9.20 Å². The average Bonchev–Trinajstić information content (AvgIpc) is 3.33. The van der Waals surface area contributed by atoms with E-state index in [1.165, 1.54) is 31.6 Å². The van der Waals surface area contributed by atoms with Crippen molar-refractivity contribution in [1.29, 1.82) is 0 Å². The van der Waals surface area contributed by atoms with Gasteiger partial charge >= 0.3 is 0 Å². The number of methoxy groups -OCH3 is 1. The van der Waals surface area contributed by atoms with Crippen LogP contribution in [0.5, 0.6) is 5.75 Å².